The molecule has 1 unspecified atom stereocenters. The lowest BCUT2D eigenvalue weighted by atomic mass is 10.1. The molecular weight excluding hydrogens is 781 g/mol. The van der Waals surface area contributed by atoms with Crippen molar-refractivity contribution in [1.82, 2.24) is 0 Å². The maximum atomic E-state index is 12.8. The van der Waals surface area contributed by atoms with Crippen molar-refractivity contribution in [1.29, 1.82) is 0 Å². The molecule has 0 aromatic carbocycles. The lowest BCUT2D eigenvalue weighted by Crippen LogP contribution is -2.30. The molecule has 6 heteroatoms. The molecule has 0 bridgehead atoms. The summed E-state index contributed by atoms with van der Waals surface area (Å²) in [5.41, 5.74) is 0. The molecular formula is C57H106O6. The lowest BCUT2D eigenvalue weighted by Gasteiger charge is -2.18. The zero-order valence-corrected chi connectivity index (χ0v) is 42.4. The van der Waals surface area contributed by atoms with Gasteiger partial charge in [0.2, 0.25) is 0 Å². The highest BCUT2D eigenvalue weighted by molar-refractivity contribution is 5.71. The molecule has 370 valence electrons. The van der Waals surface area contributed by atoms with Gasteiger partial charge in [-0.15, -0.1) is 0 Å². The van der Waals surface area contributed by atoms with Crippen LogP contribution >= 0.6 is 0 Å². The summed E-state index contributed by atoms with van der Waals surface area (Å²) in [4.78, 5) is 38.0. The minimum atomic E-state index is -0.772. The molecule has 1 atom stereocenters. The third-order valence-electron chi connectivity index (χ3n) is 12.4. The van der Waals surface area contributed by atoms with E-state index in [1.807, 2.05) is 0 Å². The van der Waals surface area contributed by atoms with Gasteiger partial charge >= 0.3 is 17.9 Å². The van der Waals surface area contributed by atoms with Crippen LogP contribution in [0.25, 0.3) is 0 Å². The molecule has 0 radical (unpaired) electrons. The second kappa shape index (κ2) is 52.5. The molecule has 0 fully saturated rings. The molecule has 0 spiro atoms. The van der Waals surface area contributed by atoms with Crippen LogP contribution in [0.15, 0.2) is 24.3 Å². The first-order chi connectivity index (χ1) is 31.0. The summed E-state index contributed by atoms with van der Waals surface area (Å²) >= 11 is 0. The standard InChI is InChI=1S/C57H106O6/c1-4-7-10-13-16-19-22-24-26-28-30-31-33-35-38-41-44-47-50-56(59)62-53-54(52-61-55(58)49-46-43-40-37-21-18-15-12-9-6-3)63-57(60)51-48-45-42-39-36-34-32-29-27-25-23-20-17-14-11-8-5-2/h25,27,30-31,54H,4-24,26,28-29,32-53H2,1-3H3/b27-25-,31-30-. The summed E-state index contributed by atoms with van der Waals surface area (Å²) in [5, 5.41) is 0. The number of hydrogen-bond donors (Lipinski definition) is 0. The van der Waals surface area contributed by atoms with E-state index in [1.54, 1.807) is 0 Å². The Hall–Kier alpha value is -2.11. The van der Waals surface area contributed by atoms with E-state index in [0.29, 0.717) is 19.3 Å². The minimum Gasteiger partial charge on any atom is -0.462 e. The van der Waals surface area contributed by atoms with E-state index < -0.39 is 6.10 Å². The predicted octanol–water partition coefficient (Wildman–Crippen LogP) is 18.3. The van der Waals surface area contributed by atoms with Gasteiger partial charge < -0.3 is 14.2 Å². The molecule has 0 aromatic heterocycles. The van der Waals surface area contributed by atoms with E-state index in [-0.39, 0.29) is 31.1 Å². The Morgan fingerprint density at radius 2 is 0.524 bits per heavy atom. The smallest absolute Gasteiger partial charge is 0.306 e. The maximum Gasteiger partial charge on any atom is 0.306 e. The fourth-order valence-corrected chi connectivity index (χ4v) is 8.20. The Labute approximate surface area is 392 Å². The molecule has 0 saturated heterocycles. The van der Waals surface area contributed by atoms with Crippen molar-refractivity contribution in [3.8, 4) is 0 Å². The molecule has 0 rings (SSSR count). The van der Waals surface area contributed by atoms with Crippen LogP contribution in [0.3, 0.4) is 0 Å². The largest absolute Gasteiger partial charge is 0.462 e. The van der Waals surface area contributed by atoms with E-state index in [2.05, 4.69) is 45.1 Å². The number of rotatable bonds is 51. The van der Waals surface area contributed by atoms with Crippen LogP contribution in [0.5, 0.6) is 0 Å². The van der Waals surface area contributed by atoms with Gasteiger partial charge in [0.05, 0.1) is 0 Å². The Kier molecular flexibility index (Phi) is 50.8. The number of ether oxygens (including phenoxy) is 3. The van der Waals surface area contributed by atoms with Crippen LogP contribution in [-0.2, 0) is 28.6 Å². The van der Waals surface area contributed by atoms with E-state index in [0.717, 1.165) is 64.2 Å². The number of carbonyl (C=O) groups is 3. The zero-order valence-electron chi connectivity index (χ0n) is 42.4. The van der Waals surface area contributed by atoms with Gasteiger partial charge in [0.15, 0.2) is 6.10 Å². The molecule has 0 N–H and O–H groups in total. The molecule has 0 heterocycles. The third-order valence-corrected chi connectivity index (χ3v) is 12.4. The van der Waals surface area contributed by atoms with Gasteiger partial charge in [0.1, 0.15) is 13.2 Å². The van der Waals surface area contributed by atoms with E-state index in [4.69, 9.17) is 14.2 Å². The van der Waals surface area contributed by atoms with Crippen molar-refractivity contribution in [3.05, 3.63) is 24.3 Å². The monoisotopic (exact) mass is 887 g/mol. The Bertz CT molecular complexity index is 1020. The highest BCUT2D eigenvalue weighted by atomic mass is 16.6. The molecule has 0 aliphatic heterocycles. The van der Waals surface area contributed by atoms with Crippen LogP contribution in [0.2, 0.25) is 0 Å². The van der Waals surface area contributed by atoms with Crippen molar-refractivity contribution in [2.45, 2.75) is 309 Å². The summed E-state index contributed by atoms with van der Waals surface area (Å²) in [7, 11) is 0. The van der Waals surface area contributed by atoms with E-state index >= 15 is 0 Å². The molecule has 0 aliphatic rings. The summed E-state index contributed by atoms with van der Waals surface area (Å²) in [6.45, 7) is 6.65. The van der Waals surface area contributed by atoms with Gasteiger partial charge in [-0.25, -0.2) is 0 Å². The summed E-state index contributed by atoms with van der Waals surface area (Å²) < 4.78 is 16.8. The highest BCUT2D eigenvalue weighted by Gasteiger charge is 2.19. The topological polar surface area (TPSA) is 78.9 Å². The Morgan fingerprint density at radius 3 is 0.794 bits per heavy atom. The van der Waals surface area contributed by atoms with Crippen LogP contribution in [-0.4, -0.2) is 37.2 Å². The molecule has 6 nitrogen and oxygen atoms in total. The Balaban J connectivity index is 4.30. The number of esters is 3. The van der Waals surface area contributed by atoms with Crippen LogP contribution < -0.4 is 0 Å². The summed E-state index contributed by atoms with van der Waals surface area (Å²) in [5.74, 6) is -0.871. The molecule has 63 heavy (non-hydrogen) atoms. The number of unbranched alkanes of at least 4 members (excludes halogenated alkanes) is 36. The van der Waals surface area contributed by atoms with E-state index in [9.17, 15) is 14.4 Å². The fourth-order valence-electron chi connectivity index (χ4n) is 8.20. The van der Waals surface area contributed by atoms with Crippen molar-refractivity contribution >= 4 is 17.9 Å². The third kappa shape index (κ3) is 50.7. The van der Waals surface area contributed by atoms with Gasteiger partial charge in [0.25, 0.3) is 0 Å². The lowest BCUT2D eigenvalue weighted by molar-refractivity contribution is -0.167. The molecule has 0 aliphatic carbocycles. The molecule has 0 saturated carbocycles. The van der Waals surface area contributed by atoms with E-state index in [1.165, 1.54) is 199 Å². The van der Waals surface area contributed by atoms with Gasteiger partial charge in [0, 0.05) is 19.3 Å². The van der Waals surface area contributed by atoms with Gasteiger partial charge in [-0.2, -0.15) is 0 Å². The van der Waals surface area contributed by atoms with Gasteiger partial charge in [-0.05, 0) is 70.6 Å². The first kappa shape index (κ1) is 60.9. The van der Waals surface area contributed by atoms with Gasteiger partial charge in [-0.3, -0.25) is 14.4 Å². The van der Waals surface area contributed by atoms with Crippen LogP contribution in [0.4, 0.5) is 0 Å². The number of allylic oxidation sites excluding steroid dienone is 4. The maximum absolute atomic E-state index is 12.8. The van der Waals surface area contributed by atoms with Crippen molar-refractivity contribution in [3.63, 3.8) is 0 Å². The normalized spacial score (nSPS) is 12.1. The van der Waals surface area contributed by atoms with Crippen molar-refractivity contribution < 1.29 is 28.6 Å². The van der Waals surface area contributed by atoms with Crippen molar-refractivity contribution in [2.24, 2.45) is 0 Å². The van der Waals surface area contributed by atoms with Crippen molar-refractivity contribution in [2.75, 3.05) is 13.2 Å². The second-order valence-corrected chi connectivity index (χ2v) is 18.8. The zero-order chi connectivity index (χ0) is 45.8. The first-order valence-corrected chi connectivity index (χ1v) is 27.8. The summed E-state index contributed by atoms with van der Waals surface area (Å²) in [6.07, 6.45) is 60.2. The second-order valence-electron chi connectivity index (χ2n) is 18.8. The SMILES string of the molecule is CCCCCCCC/C=C\CCCCCCCCCC(=O)OC(COC(=O)CCCCCCC/C=C\CCCCCCCCCCC)COC(=O)CCCCCCCCCCCC. The minimum absolute atomic E-state index is 0.0719. The number of carbonyl (C=O) groups excluding carboxylic acids is 3. The van der Waals surface area contributed by atoms with Gasteiger partial charge in [-0.1, -0.05) is 238 Å². The Morgan fingerprint density at radius 1 is 0.302 bits per heavy atom. The highest BCUT2D eigenvalue weighted by Crippen LogP contribution is 2.16. The first-order valence-electron chi connectivity index (χ1n) is 27.8. The average Bonchev–Trinajstić information content (AvgIpc) is 3.28. The predicted molar refractivity (Wildman–Crippen MR) is 270 cm³/mol. The quantitative estimate of drug-likeness (QED) is 0.0262. The average molecular weight is 887 g/mol. The number of hydrogen-bond acceptors (Lipinski definition) is 6. The molecule has 0 amide bonds. The molecule has 0 aromatic rings. The summed E-state index contributed by atoms with van der Waals surface area (Å²) in [6, 6.07) is 0. The fraction of sp³-hybridized carbons (Fsp3) is 0.877. The van der Waals surface area contributed by atoms with Crippen LogP contribution in [0.1, 0.15) is 303 Å². The van der Waals surface area contributed by atoms with Crippen LogP contribution in [0, 0.1) is 0 Å².